The molecule has 1 N–H and O–H groups in total. The lowest BCUT2D eigenvalue weighted by Crippen LogP contribution is -2.41. The highest BCUT2D eigenvalue weighted by Gasteiger charge is 2.48. The van der Waals surface area contributed by atoms with Crippen molar-refractivity contribution in [1.29, 1.82) is 5.26 Å². The number of carbonyl (C=O) groups excluding carboxylic acids is 1. The van der Waals surface area contributed by atoms with Crippen molar-refractivity contribution >= 4 is 21.6 Å². The van der Waals surface area contributed by atoms with Gasteiger partial charge in [-0.25, -0.2) is 28.2 Å². The summed E-state index contributed by atoms with van der Waals surface area (Å²) in [5.74, 6) is 0.516. The lowest BCUT2D eigenvalue weighted by atomic mass is 9.84. The van der Waals surface area contributed by atoms with Crippen LogP contribution >= 0.6 is 0 Å². The van der Waals surface area contributed by atoms with E-state index < -0.39 is 9.84 Å². The van der Waals surface area contributed by atoms with E-state index in [1.165, 1.54) is 6.26 Å². The number of sulfone groups is 1. The highest BCUT2D eigenvalue weighted by atomic mass is 32.2. The van der Waals surface area contributed by atoms with E-state index in [1.54, 1.807) is 35.4 Å². The van der Waals surface area contributed by atoms with E-state index >= 15 is 0 Å². The first-order chi connectivity index (χ1) is 18.3. The average Bonchev–Trinajstić information content (AvgIpc) is 3.59. The van der Waals surface area contributed by atoms with Crippen molar-refractivity contribution in [1.82, 2.24) is 20.3 Å². The molecule has 2 aliphatic carbocycles. The van der Waals surface area contributed by atoms with Crippen molar-refractivity contribution in [3.8, 4) is 17.3 Å². The van der Waals surface area contributed by atoms with E-state index in [1.807, 2.05) is 18.2 Å². The van der Waals surface area contributed by atoms with Crippen LogP contribution < -0.4 is 10.2 Å². The number of nitrogens with one attached hydrogen (secondary N) is 1. The van der Waals surface area contributed by atoms with Crippen LogP contribution in [0, 0.1) is 11.3 Å². The van der Waals surface area contributed by atoms with E-state index in [0.29, 0.717) is 19.0 Å². The Labute approximate surface area is 221 Å². The molecule has 2 saturated carbocycles. The molecule has 0 saturated heterocycles. The maximum atomic E-state index is 13.4. The number of anilines is 1. The molecule has 0 unspecified atom stereocenters. The summed E-state index contributed by atoms with van der Waals surface area (Å²) in [7, 11) is -3.27. The fourth-order valence-corrected chi connectivity index (χ4v) is 6.37. The summed E-state index contributed by atoms with van der Waals surface area (Å²) in [4.78, 5) is 29.3. The molecule has 10 heteroatoms. The number of pyridine rings is 1. The first-order valence-corrected chi connectivity index (χ1v) is 14.8. The molecular weight excluding hydrogens is 500 g/mol. The van der Waals surface area contributed by atoms with Crippen LogP contribution in [-0.4, -0.2) is 42.2 Å². The lowest BCUT2D eigenvalue weighted by Gasteiger charge is -2.24. The Balaban J connectivity index is 1.28. The van der Waals surface area contributed by atoms with Crippen LogP contribution in [0.4, 0.5) is 10.5 Å². The highest BCUT2D eigenvalue weighted by molar-refractivity contribution is 7.90. The zero-order valence-electron chi connectivity index (χ0n) is 21.1. The third-order valence-electron chi connectivity index (χ3n) is 7.89. The minimum absolute atomic E-state index is 0.174. The van der Waals surface area contributed by atoms with Crippen molar-refractivity contribution in [2.45, 2.75) is 61.3 Å². The Hall–Kier alpha value is -3.84. The number of hydrogen-bond donors (Lipinski definition) is 1. The molecule has 0 bridgehead atoms. The molecule has 194 valence electrons. The fourth-order valence-electron chi connectivity index (χ4n) is 5.74. The van der Waals surface area contributed by atoms with Gasteiger partial charge in [-0.3, -0.25) is 4.90 Å². The Morgan fingerprint density at radius 1 is 1.13 bits per heavy atom. The van der Waals surface area contributed by atoms with Gasteiger partial charge in [-0.1, -0.05) is 25.0 Å². The predicted molar refractivity (Wildman–Crippen MR) is 141 cm³/mol. The van der Waals surface area contributed by atoms with Gasteiger partial charge in [0.25, 0.3) is 0 Å². The maximum Gasteiger partial charge on any atom is 0.322 e. The summed E-state index contributed by atoms with van der Waals surface area (Å²) in [5.41, 5.74) is 4.96. The molecular formula is C28H28N6O3S. The van der Waals surface area contributed by atoms with E-state index in [-0.39, 0.29) is 22.2 Å². The highest BCUT2D eigenvalue weighted by Crippen LogP contribution is 2.50. The second-order valence-electron chi connectivity index (χ2n) is 10.6. The third-order valence-corrected chi connectivity index (χ3v) is 9.02. The van der Waals surface area contributed by atoms with E-state index in [9.17, 15) is 18.5 Å². The van der Waals surface area contributed by atoms with Gasteiger partial charge >= 0.3 is 6.03 Å². The number of benzene rings is 1. The zero-order chi connectivity index (χ0) is 26.5. The van der Waals surface area contributed by atoms with Gasteiger partial charge in [0.15, 0.2) is 9.84 Å². The fraction of sp³-hybridized carbons (Fsp3) is 0.393. The summed E-state index contributed by atoms with van der Waals surface area (Å²) in [6, 6.07) is 12.3. The second kappa shape index (κ2) is 9.17. The first kappa shape index (κ1) is 24.5. The van der Waals surface area contributed by atoms with Crippen LogP contribution in [0.5, 0.6) is 0 Å². The molecule has 3 heterocycles. The number of nitrogens with zero attached hydrogens (tertiary/aromatic N) is 5. The molecule has 1 aliphatic heterocycles. The SMILES string of the molecule is CS(=O)(=O)c1ccc(CNC(=O)N2CC3(CCCC3)c3nc(-c4cnc(C#N)nc4C4CC4)ccc32)cc1. The minimum Gasteiger partial charge on any atom is -0.334 e. The van der Waals surface area contributed by atoms with Crippen LogP contribution in [-0.2, 0) is 21.8 Å². The molecule has 0 atom stereocenters. The number of amides is 2. The van der Waals surface area contributed by atoms with Crippen LogP contribution in [0.3, 0.4) is 0 Å². The molecule has 1 aromatic carbocycles. The summed E-state index contributed by atoms with van der Waals surface area (Å²) in [6.45, 7) is 0.873. The second-order valence-corrected chi connectivity index (χ2v) is 12.6. The molecule has 2 amide bonds. The van der Waals surface area contributed by atoms with Gasteiger partial charge in [0.2, 0.25) is 5.82 Å². The van der Waals surface area contributed by atoms with Gasteiger partial charge in [-0.15, -0.1) is 0 Å². The Morgan fingerprint density at radius 2 is 1.87 bits per heavy atom. The molecule has 2 fully saturated rings. The molecule has 6 rings (SSSR count). The molecule has 3 aliphatic rings. The minimum atomic E-state index is -3.27. The van der Waals surface area contributed by atoms with Gasteiger partial charge in [-0.05, 0) is 55.5 Å². The largest absolute Gasteiger partial charge is 0.334 e. The van der Waals surface area contributed by atoms with Crippen molar-refractivity contribution < 1.29 is 13.2 Å². The number of hydrogen-bond acceptors (Lipinski definition) is 7. The normalized spacial score (nSPS) is 17.8. The molecule has 9 nitrogen and oxygen atoms in total. The lowest BCUT2D eigenvalue weighted by molar-refractivity contribution is 0.245. The van der Waals surface area contributed by atoms with Crippen LogP contribution in [0.1, 0.15) is 67.2 Å². The number of nitriles is 1. The summed E-state index contributed by atoms with van der Waals surface area (Å²) < 4.78 is 23.4. The molecule has 38 heavy (non-hydrogen) atoms. The van der Waals surface area contributed by atoms with Gasteiger partial charge < -0.3 is 5.32 Å². The summed E-state index contributed by atoms with van der Waals surface area (Å²) in [6.07, 6.45) is 9.14. The Kier molecular flexibility index (Phi) is 5.91. The van der Waals surface area contributed by atoms with Crippen LogP contribution in [0.15, 0.2) is 47.5 Å². The number of rotatable bonds is 5. The third kappa shape index (κ3) is 4.41. The van der Waals surface area contributed by atoms with E-state index in [4.69, 9.17) is 4.98 Å². The number of carbonyl (C=O) groups is 1. The van der Waals surface area contributed by atoms with Crippen LogP contribution in [0.25, 0.3) is 11.3 Å². The molecule has 1 spiro atoms. The van der Waals surface area contributed by atoms with E-state index in [2.05, 4.69) is 15.3 Å². The number of aromatic nitrogens is 3. The monoisotopic (exact) mass is 528 g/mol. The quantitative estimate of drug-likeness (QED) is 0.525. The molecule has 2 aromatic heterocycles. The Bertz CT molecular complexity index is 1570. The van der Waals surface area contributed by atoms with E-state index in [0.717, 1.165) is 72.4 Å². The van der Waals surface area contributed by atoms with Gasteiger partial charge in [0, 0.05) is 42.4 Å². The summed E-state index contributed by atoms with van der Waals surface area (Å²) >= 11 is 0. The predicted octanol–water partition coefficient (Wildman–Crippen LogP) is 4.23. The standard InChI is InChI=1S/C28H28N6O3S/c1-38(36,37)20-8-4-18(5-9-20)15-31-27(35)34-17-28(12-2-3-13-28)26-23(34)11-10-22(32-26)21-16-30-24(14-29)33-25(21)19-6-7-19/h4-5,8-11,16,19H,2-3,6-7,12-13,15,17H2,1H3,(H,31,35). The number of urea groups is 1. The molecule has 0 radical (unpaired) electrons. The summed E-state index contributed by atoms with van der Waals surface area (Å²) in [5, 5.41) is 12.3. The Morgan fingerprint density at radius 3 is 2.53 bits per heavy atom. The van der Waals surface area contributed by atoms with Crippen molar-refractivity contribution in [3.63, 3.8) is 0 Å². The maximum absolute atomic E-state index is 13.4. The molecule has 3 aromatic rings. The van der Waals surface area contributed by atoms with Gasteiger partial charge in [0.1, 0.15) is 6.07 Å². The smallest absolute Gasteiger partial charge is 0.322 e. The average molecular weight is 529 g/mol. The topological polar surface area (TPSA) is 129 Å². The van der Waals surface area contributed by atoms with Gasteiger partial charge in [0.05, 0.1) is 27.7 Å². The zero-order valence-corrected chi connectivity index (χ0v) is 22.0. The van der Waals surface area contributed by atoms with Gasteiger partial charge in [-0.2, -0.15) is 5.26 Å². The van der Waals surface area contributed by atoms with Crippen molar-refractivity contribution in [2.75, 3.05) is 17.7 Å². The first-order valence-electron chi connectivity index (χ1n) is 12.9. The van der Waals surface area contributed by atoms with Crippen molar-refractivity contribution in [2.24, 2.45) is 0 Å². The van der Waals surface area contributed by atoms with Crippen LogP contribution in [0.2, 0.25) is 0 Å². The van der Waals surface area contributed by atoms with Crippen molar-refractivity contribution in [3.05, 3.63) is 65.4 Å². The number of fused-ring (bicyclic) bond motifs is 2.